The van der Waals surface area contributed by atoms with Crippen LogP contribution < -0.4 is 10.7 Å². The maximum absolute atomic E-state index is 14.9. The number of fused-ring (bicyclic) bond motifs is 6. The molecule has 4 aromatic rings. The molecule has 6 bridgehead atoms. The molecule has 68 heavy (non-hydrogen) atoms. The molecule has 364 valence electrons. The highest BCUT2D eigenvalue weighted by Crippen LogP contribution is 2.41. The Morgan fingerprint density at radius 2 is 1.71 bits per heavy atom. The maximum atomic E-state index is 14.9. The fourth-order valence-corrected chi connectivity index (χ4v) is 10.4. The molecule has 4 heterocycles. The molecule has 1 aromatic heterocycles. The van der Waals surface area contributed by atoms with Gasteiger partial charge in [-0.05, 0) is 115 Å². The predicted octanol–water partition coefficient (Wildman–Crippen LogP) is 5.09. The fraction of sp³-hybridized carbons (Fsp3) is 0.491. The summed E-state index contributed by atoms with van der Waals surface area (Å²) < 4.78 is 8.84. The lowest BCUT2D eigenvalue weighted by molar-refractivity contribution is -0.156. The van der Waals surface area contributed by atoms with Crippen molar-refractivity contribution in [2.45, 2.75) is 103 Å². The van der Waals surface area contributed by atoms with Crippen molar-refractivity contribution in [3.05, 3.63) is 90.0 Å². The predicted molar refractivity (Wildman–Crippen MR) is 262 cm³/mol. The second-order valence-corrected chi connectivity index (χ2v) is 20.6. The molecule has 1 unspecified atom stereocenters. The molecular weight excluding hydrogens is 863 g/mol. The van der Waals surface area contributed by atoms with Crippen LogP contribution in [-0.2, 0) is 54.6 Å². The van der Waals surface area contributed by atoms with Gasteiger partial charge in [0.2, 0.25) is 11.8 Å². The number of aromatic hydroxyl groups is 1. The van der Waals surface area contributed by atoms with Crippen LogP contribution in [0.4, 0.5) is 0 Å². The summed E-state index contributed by atoms with van der Waals surface area (Å²) in [6.45, 7) is 15.5. The van der Waals surface area contributed by atoms with Crippen LogP contribution in [0.3, 0.4) is 0 Å². The van der Waals surface area contributed by atoms with Gasteiger partial charge in [0.05, 0.1) is 25.5 Å². The van der Waals surface area contributed by atoms with Crippen molar-refractivity contribution in [3.8, 4) is 28.1 Å². The van der Waals surface area contributed by atoms with Crippen molar-refractivity contribution < 1.29 is 38.9 Å². The lowest BCUT2D eigenvalue weighted by Crippen LogP contribution is -2.66. The van der Waals surface area contributed by atoms with Gasteiger partial charge in [0.25, 0.3) is 11.8 Å². The Morgan fingerprint density at radius 3 is 2.37 bits per heavy atom. The van der Waals surface area contributed by atoms with Gasteiger partial charge in [-0.2, -0.15) is 0 Å². The van der Waals surface area contributed by atoms with Crippen molar-refractivity contribution in [2.75, 3.05) is 54.0 Å². The SMILES string of the molecule is C=CC(=O)N1CCC(O)(C(=O)N(C)[C@H](C(=O)N[C@H]2Cc3cc(O)cc(c3)-c3ccc4c(c3)c(c(-c3ccc(CN(C)C)cc3)n4CC)CC(C)(C)COC[C@@]3(C=O)CCCN(N3)C2=O)C(C)C)C1. The molecule has 15 heteroatoms. The van der Waals surface area contributed by atoms with Gasteiger partial charge in [0.1, 0.15) is 29.7 Å². The number of carbonyl (C=O) groups is 5. The molecule has 7 rings (SSSR count). The molecular formula is C53H69N7O8. The number of nitrogens with zero attached hydrogens (tertiary/aromatic N) is 5. The van der Waals surface area contributed by atoms with Crippen LogP contribution in [0, 0.1) is 11.3 Å². The van der Waals surface area contributed by atoms with Crippen LogP contribution in [0.1, 0.15) is 70.6 Å². The van der Waals surface area contributed by atoms with E-state index in [4.69, 9.17) is 4.74 Å². The van der Waals surface area contributed by atoms with Gasteiger partial charge in [-0.3, -0.25) is 24.2 Å². The largest absolute Gasteiger partial charge is 0.508 e. The normalized spacial score (nSPS) is 22.5. The minimum Gasteiger partial charge on any atom is -0.508 e. The number of aromatic nitrogens is 1. The third-order valence-corrected chi connectivity index (χ3v) is 13.7. The van der Waals surface area contributed by atoms with Crippen LogP contribution in [-0.4, -0.2) is 142 Å². The Morgan fingerprint density at radius 1 is 0.985 bits per heavy atom. The number of hydrogen-bond donors (Lipinski definition) is 4. The van der Waals surface area contributed by atoms with Gasteiger partial charge in [0.15, 0.2) is 5.60 Å². The van der Waals surface area contributed by atoms with Gasteiger partial charge in [0, 0.05) is 57.0 Å². The van der Waals surface area contributed by atoms with E-state index in [1.165, 1.54) is 27.4 Å². The van der Waals surface area contributed by atoms with Gasteiger partial charge < -0.3 is 44.3 Å². The van der Waals surface area contributed by atoms with E-state index in [2.05, 4.69) is 98.1 Å². The summed E-state index contributed by atoms with van der Waals surface area (Å²) >= 11 is 0. The maximum Gasteiger partial charge on any atom is 0.259 e. The van der Waals surface area contributed by atoms with Gasteiger partial charge in [-0.15, -0.1) is 0 Å². The summed E-state index contributed by atoms with van der Waals surface area (Å²) in [6.07, 6.45) is 3.39. The molecule has 3 aliphatic rings. The van der Waals surface area contributed by atoms with E-state index in [-0.39, 0.29) is 44.8 Å². The van der Waals surface area contributed by atoms with E-state index in [0.717, 1.165) is 58.7 Å². The minimum absolute atomic E-state index is 0.00121. The number of phenolic OH excluding ortho intramolecular Hbond substituents is 1. The summed E-state index contributed by atoms with van der Waals surface area (Å²) in [5.74, 6) is -2.79. The van der Waals surface area contributed by atoms with E-state index in [1.54, 1.807) is 26.0 Å². The summed E-state index contributed by atoms with van der Waals surface area (Å²) in [5, 5.41) is 28.2. The highest BCUT2D eigenvalue weighted by atomic mass is 16.5. The first-order chi connectivity index (χ1) is 32.2. The molecule has 2 fully saturated rings. The Labute approximate surface area is 400 Å². The number of amides is 4. The summed E-state index contributed by atoms with van der Waals surface area (Å²) in [4.78, 5) is 73.6. The molecule has 0 saturated carbocycles. The van der Waals surface area contributed by atoms with Crippen LogP contribution in [0.15, 0.2) is 73.3 Å². The summed E-state index contributed by atoms with van der Waals surface area (Å²) in [6, 6.07) is 17.9. The van der Waals surface area contributed by atoms with E-state index < -0.39 is 58.2 Å². The zero-order valence-electron chi connectivity index (χ0n) is 40.9. The van der Waals surface area contributed by atoms with Crippen molar-refractivity contribution >= 4 is 40.8 Å². The summed E-state index contributed by atoms with van der Waals surface area (Å²) in [7, 11) is 5.55. The third kappa shape index (κ3) is 10.4. The molecule has 3 aliphatic heterocycles. The number of benzene rings is 3. The van der Waals surface area contributed by atoms with Crippen LogP contribution in [0.5, 0.6) is 5.75 Å². The first-order valence-corrected chi connectivity index (χ1v) is 23.8. The highest BCUT2D eigenvalue weighted by molar-refractivity contribution is 5.97. The number of hydrogen-bond acceptors (Lipinski definition) is 10. The van der Waals surface area contributed by atoms with Crippen molar-refractivity contribution in [1.29, 1.82) is 0 Å². The topological polar surface area (TPSA) is 177 Å². The number of ether oxygens (including phenoxy) is 1. The number of carbonyl (C=O) groups excluding carboxylic acids is 5. The quantitative estimate of drug-likeness (QED) is 0.117. The number of β-amino-alcohol motifs (C(OH)–C–C–N with tert-alkyl or cyclic N) is 1. The molecule has 15 nitrogen and oxygen atoms in total. The average Bonchev–Trinajstić information content (AvgIpc) is 3.85. The Balaban J connectivity index is 1.30. The zero-order valence-corrected chi connectivity index (χ0v) is 40.9. The van der Waals surface area contributed by atoms with E-state index in [0.29, 0.717) is 37.0 Å². The number of likely N-dealkylation sites (N-methyl/N-ethyl adjacent to an activating group) is 1. The van der Waals surface area contributed by atoms with Gasteiger partial charge >= 0.3 is 0 Å². The van der Waals surface area contributed by atoms with Crippen LogP contribution in [0.2, 0.25) is 0 Å². The van der Waals surface area contributed by atoms with Crippen LogP contribution in [0.25, 0.3) is 33.3 Å². The molecule has 2 saturated heterocycles. The van der Waals surface area contributed by atoms with Gasteiger partial charge in [-0.25, -0.2) is 5.43 Å². The standard InChI is InChI=1S/C53H69N7O8/c1-10-45(63)58-22-20-53(67,30-58)50(66)57(9)46(34(3)4)48(64)54-43-25-36-23-39(26-40(62)24-36)38-17-18-44-41(27-38)42(47(59(44)11-2)37-15-13-35(14-16-37)29-56(7)8)28-51(5,6)32-68-33-52(31-61)19-12-21-60(55-52)49(43)65/h10,13-18,23-24,26-27,31,34,43,46,55,62,67H,1,11-12,19-22,25,28-30,32-33H2,2-9H3,(H,54,64)/t43-,46-,52-,53?/m0/s1. The Kier molecular flexibility index (Phi) is 14.7. The lowest BCUT2D eigenvalue weighted by Gasteiger charge is -2.42. The van der Waals surface area contributed by atoms with E-state index in [9.17, 15) is 34.2 Å². The first kappa shape index (κ1) is 50.0. The molecule has 4 atom stereocenters. The van der Waals surface area contributed by atoms with E-state index >= 15 is 0 Å². The van der Waals surface area contributed by atoms with E-state index in [1.807, 2.05) is 12.1 Å². The number of aldehydes is 1. The molecule has 3 aromatic carbocycles. The number of aryl methyl sites for hydroxylation is 1. The molecule has 0 aliphatic carbocycles. The average molecular weight is 932 g/mol. The molecule has 0 spiro atoms. The number of aliphatic hydroxyl groups is 1. The lowest BCUT2D eigenvalue weighted by atomic mass is 9.84. The molecule has 0 radical (unpaired) electrons. The second kappa shape index (κ2) is 20.0. The summed E-state index contributed by atoms with van der Waals surface area (Å²) in [5.41, 5.74) is 7.40. The number of hydrazine groups is 1. The van der Waals surface area contributed by atoms with Crippen molar-refractivity contribution in [2.24, 2.45) is 11.3 Å². The highest BCUT2D eigenvalue weighted by Gasteiger charge is 2.48. The molecule has 4 amide bonds. The first-order valence-electron chi connectivity index (χ1n) is 23.8. The third-order valence-electron chi connectivity index (χ3n) is 13.7. The monoisotopic (exact) mass is 932 g/mol. The number of rotatable bonds is 11. The Hall–Kier alpha value is -5.87. The second-order valence-electron chi connectivity index (χ2n) is 20.6. The van der Waals surface area contributed by atoms with Crippen LogP contribution >= 0.6 is 0 Å². The number of likely N-dealkylation sites (tertiary alicyclic amines) is 1. The zero-order chi connectivity index (χ0) is 49.3. The number of nitrogens with one attached hydrogen (secondary N) is 2. The van der Waals surface area contributed by atoms with Crippen molar-refractivity contribution in [1.82, 2.24) is 35.0 Å². The smallest absolute Gasteiger partial charge is 0.259 e. The number of phenols is 1. The molecule has 4 N–H and O–H groups in total. The van der Waals surface area contributed by atoms with Gasteiger partial charge in [-0.1, -0.05) is 70.7 Å². The Bertz CT molecular complexity index is 2570. The fourth-order valence-electron chi connectivity index (χ4n) is 10.4. The minimum atomic E-state index is -1.93. The van der Waals surface area contributed by atoms with Crippen molar-refractivity contribution in [3.63, 3.8) is 0 Å².